The Morgan fingerprint density at radius 1 is 1.42 bits per heavy atom. The second kappa shape index (κ2) is 6.22. The molecular formula is C19H26N4O. The smallest absolute Gasteiger partial charge is 0.0945 e. The van der Waals surface area contributed by atoms with E-state index in [1.165, 1.54) is 16.9 Å². The molecule has 4 rings (SSSR count). The maximum atomic E-state index is 6.27. The molecule has 2 aromatic rings. The van der Waals surface area contributed by atoms with E-state index in [4.69, 9.17) is 4.74 Å². The summed E-state index contributed by atoms with van der Waals surface area (Å²) in [7, 11) is 2.06. The monoisotopic (exact) mass is 326 g/mol. The number of aromatic nitrogens is 2. The molecule has 5 heteroatoms. The van der Waals surface area contributed by atoms with Crippen molar-refractivity contribution in [3.05, 3.63) is 48.0 Å². The van der Waals surface area contributed by atoms with E-state index in [9.17, 15) is 0 Å². The lowest BCUT2D eigenvalue weighted by atomic mass is 9.97. The van der Waals surface area contributed by atoms with Crippen LogP contribution in [0.5, 0.6) is 0 Å². The lowest BCUT2D eigenvalue weighted by Gasteiger charge is -2.23. The number of anilines is 1. The third-order valence-corrected chi connectivity index (χ3v) is 5.30. The van der Waals surface area contributed by atoms with Crippen molar-refractivity contribution in [2.75, 3.05) is 25.0 Å². The Morgan fingerprint density at radius 2 is 2.33 bits per heavy atom. The molecule has 24 heavy (non-hydrogen) atoms. The van der Waals surface area contributed by atoms with Crippen molar-refractivity contribution in [3.63, 3.8) is 0 Å². The Morgan fingerprint density at radius 3 is 3.12 bits per heavy atom. The fraction of sp³-hybridized carbons (Fsp3) is 0.526. The van der Waals surface area contributed by atoms with Crippen molar-refractivity contribution in [1.29, 1.82) is 0 Å². The number of hydrogen-bond donors (Lipinski definition) is 1. The Hall–Kier alpha value is -1.85. The second-order valence-corrected chi connectivity index (χ2v) is 7.37. The summed E-state index contributed by atoms with van der Waals surface area (Å²) >= 11 is 0. The molecule has 0 saturated carbocycles. The van der Waals surface area contributed by atoms with Gasteiger partial charge in [-0.15, -0.1) is 0 Å². The number of rotatable bonds is 4. The molecule has 1 spiro atoms. The molecule has 0 aliphatic carbocycles. The Bertz CT molecular complexity index is 713. The molecule has 1 N–H and O–H groups in total. The molecule has 5 nitrogen and oxygen atoms in total. The van der Waals surface area contributed by atoms with Gasteiger partial charge in [-0.1, -0.05) is 12.1 Å². The zero-order chi connectivity index (χ0) is 16.6. The lowest BCUT2D eigenvalue weighted by molar-refractivity contribution is 0.0118. The van der Waals surface area contributed by atoms with Gasteiger partial charge in [-0.2, -0.15) is 0 Å². The molecule has 3 heterocycles. The number of ether oxygens (including phenoxy) is 1. The molecule has 1 aromatic heterocycles. The molecule has 0 unspecified atom stereocenters. The van der Waals surface area contributed by atoms with E-state index in [0.29, 0.717) is 6.04 Å². The summed E-state index contributed by atoms with van der Waals surface area (Å²) in [6.07, 6.45) is 6.04. The molecule has 0 radical (unpaired) electrons. The van der Waals surface area contributed by atoms with E-state index in [1.807, 2.05) is 12.5 Å². The minimum absolute atomic E-state index is 0.0279. The van der Waals surface area contributed by atoms with Crippen molar-refractivity contribution in [3.8, 4) is 0 Å². The molecule has 2 saturated heterocycles. The fourth-order valence-electron chi connectivity index (χ4n) is 4.02. The first-order valence-electron chi connectivity index (χ1n) is 8.77. The zero-order valence-corrected chi connectivity index (χ0v) is 14.5. The van der Waals surface area contributed by atoms with E-state index < -0.39 is 0 Å². The topological polar surface area (TPSA) is 42.3 Å². The van der Waals surface area contributed by atoms with Gasteiger partial charge in [0.2, 0.25) is 0 Å². The summed E-state index contributed by atoms with van der Waals surface area (Å²) < 4.78 is 8.37. The first kappa shape index (κ1) is 15.7. The average Bonchev–Trinajstić information content (AvgIpc) is 3.24. The lowest BCUT2D eigenvalue weighted by Crippen LogP contribution is -2.33. The maximum absolute atomic E-state index is 6.27. The Balaban J connectivity index is 1.35. The van der Waals surface area contributed by atoms with Crippen LogP contribution in [0.4, 0.5) is 5.69 Å². The molecule has 2 fully saturated rings. The van der Waals surface area contributed by atoms with Crippen LogP contribution in [0.25, 0.3) is 0 Å². The highest BCUT2D eigenvalue weighted by molar-refractivity contribution is 5.46. The third-order valence-electron chi connectivity index (χ3n) is 5.30. The quantitative estimate of drug-likeness (QED) is 0.938. The van der Waals surface area contributed by atoms with E-state index in [-0.39, 0.29) is 5.60 Å². The number of nitrogens with one attached hydrogen (secondary N) is 1. The first-order chi connectivity index (χ1) is 11.6. The van der Waals surface area contributed by atoms with E-state index >= 15 is 0 Å². The van der Waals surface area contributed by atoms with Crippen LogP contribution in [-0.2, 0) is 18.3 Å². The number of likely N-dealkylation sites (tertiary alicyclic amines) is 1. The summed E-state index contributed by atoms with van der Waals surface area (Å²) in [6.45, 7) is 6.00. The first-order valence-corrected chi connectivity index (χ1v) is 8.77. The number of aryl methyl sites for hydroxylation is 2. The van der Waals surface area contributed by atoms with E-state index in [2.05, 4.69) is 58.0 Å². The predicted molar refractivity (Wildman–Crippen MR) is 95.0 cm³/mol. The van der Waals surface area contributed by atoms with Crippen LogP contribution < -0.4 is 5.32 Å². The number of imidazole rings is 1. The molecular weight excluding hydrogens is 300 g/mol. The highest BCUT2D eigenvalue weighted by atomic mass is 16.5. The Kier molecular flexibility index (Phi) is 4.06. The fourth-order valence-corrected chi connectivity index (χ4v) is 4.02. The maximum Gasteiger partial charge on any atom is 0.0945 e. The summed E-state index contributed by atoms with van der Waals surface area (Å²) in [5, 5.41) is 3.64. The minimum atomic E-state index is 0.0279. The van der Waals surface area contributed by atoms with Crippen molar-refractivity contribution < 1.29 is 4.74 Å². The van der Waals surface area contributed by atoms with Crippen molar-refractivity contribution in [2.24, 2.45) is 7.05 Å². The van der Waals surface area contributed by atoms with Crippen LogP contribution in [0.3, 0.4) is 0 Å². The molecule has 2 aliphatic rings. The zero-order valence-electron chi connectivity index (χ0n) is 14.5. The summed E-state index contributed by atoms with van der Waals surface area (Å²) in [5.41, 5.74) is 3.78. The highest BCUT2D eigenvalue weighted by Crippen LogP contribution is 2.36. The van der Waals surface area contributed by atoms with Gasteiger partial charge >= 0.3 is 0 Å². The van der Waals surface area contributed by atoms with E-state index in [0.717, 1.165) is 39.1 Å². The van der Waals surface area contributed by atoms with Gasteiger partial charge in [0.15, 0.2) is 0 Å². The van der Waals surface area contributed by atoms with Gasteiger partial charge in [0, 0.05) is 45.0 Å². The van der Waals surface area contributed by atoms with Crippen molar-refractivity contribution >= 4 is 5.69 Å². The van der Waals surface area contributed by atoms with Crippen LogP contribution >= 0.6 is 0 Å². The van der Waals surface area contributed by atoms with Gasteiger partial charge in [-0.25, -0.2) is 4.98 Å². The standard InChI is InChI=1S/C19H26N4O/c1-15-4-3-5-16(8-15)21-17-9-19(24-12-17)6-7-23(13-19)11-18-10-20-14-22(18)2/h3-5,8,10,14,17,21H,6-7,9,11-13H2,1-2H3/t17-,19-/m1/s1. The minimum Gasteiger partial charge on any atom is -0.380 e. The summed E-state index contributed by atoms with van der Waals surface area (Å²) in [6, 6.07) is 8.98. The average molecular weight is 326 g/mol. The molecule has 2 aliphatic heterocycles. The van der Waals surface area contributed by atoms with Gasteiger partial charge in [0.05, 0.1) is 30.3 Å². The van der Waals surface area contributed by atoms with Crippen LogP contribution in [0.1, 0.15) is 24.1 Å². The van der Waals surface area contributed by atoms with Gasteiger partial charge < -0.3 is 14.6 Å². The highest BCUT2D eigenvalue weighted by Gasteiger charge is 2.45. The second-order valence-electron chi connectivity index (χ2n) is 7.37. The van der Waals surface area contributed by atoms with Crippen LogP contribution in [0, 0.1) is 6.92 Å². The summed E-state index contributed by atoms with van der Waals surface area (Å²) in [5.74, 6) is 0. The SMILES string of the molecule is Cc1cccc(N[C@H]2CO[C@]3(CCN(Cc4cncn4C)C3)C2)c1. The molecule has 2 atom stereocenters. The summed E-state index contributed by atoms with van der Waals surface area (Å²) in [4.78, 5) is 6.71. The van der Waals surface area contributed by atoms with Gasteiger partial charge in [0.25, 0.3) is 0 Å². The van der Waals surface area contributed by atoms with E-state index in [1.54, 1.807) is 0 Å². The molecule has 0 amide bonds. The third kappa shape index (κ3) is 3.19. The van der Waals surface area contributed by atoms with Crippen LogP contribution in [0.2, 0.25) is 0 Å². The normalized spacial score (nSPS) is 27.2. The van der Waals surface area contributed by atoms with Gasteiger partial charge in [0.1, 0.15) is 0 Å². The molecule has 0 bridgehead atoms. The molecule has 128 valence electrons. The molecule has 1 aromatic carbocycles. The van der Waals surface area contributed by atoms with Crippen molar-refractivity contribution in [1.82, 2.24) is 14.5 Å². The van der Waals surface area contributed by atoms with Crippen LogP contribution in [-0.4, -0.2) is 45.8 Å². The largest absolute Gasteiger partial charge is 0.380 e. The van der Waals surface area contributed by atoms with Crippen LogP contribution in [0.15, 0.2) is 36.8 Å². The van der Waals surface area contributed by atoms with Crippen molar-refractivity contribution in [2.45, 2.75) is 38.0 Å². The number of nitrogens with zero attached hydrogens (tertiary/aromatic N) is 3. The number of benzene rings is 1. The Labute approximate surface area is 143 Å². The predicted octanol–water partition coefficient (Wildman–Crippen LogP) is 2.57. The number of hydrogen-bond acceptors (Lipinski definition) is 4. The van der Waals surface area contributed by atoms with Gasteiger partial charge in [-0.05, 0) is 31.0 Å². The van der Waals surface area contributed by atoms with Gasteiger partial charge in [-0.3, -0.25) is 4.90 Å².